The van der Waals surface area contributed by atoms with Crippen LogP contribution in [-0.4, -0.2) is 39.2 Å². The van der Waals surface area contributed by atoms with Crippen LogP contribution in [0.4, 0.5) is 0 Å². The summed E-state index contributed by atoms with van der Waals surface area (Å²) < 4.78 is 1.92. The predicted octanol–water partition coefficient (Wildman–Crippen LogP) is 3.21. The lowest BCUT2D eigenvalue weighted by atomic mass is 10.1. The lowest BCUT2D eigenvalue weighted by Gasteiger charge is -2.04. The number of thioether (sulfide) groups is 1. The zero-order valence-electron chi connectivity index (χ0n) is 13.8. The van der Waals surface area contributed by atoms with Gasteiger partial charge in [0.15, 0.2) is 10.9 Å². The number of carboxylic acid groups (broad SMARTS) is 1. The van der Waals surface area contributed by atoms with Gasteiger partial charge in [-0.05, 0) is 31.2 Å². The van der Waals surface area contributed by atoms with E-state index in [9.17, 15) is 9.59 Å². The van der Waals surface area contributed by atoms with E-state index in [2.05, 4.69) is 10.3 Å². The van der Waals surface area contributed by atoms with Crippen molar-refractivity contribution < 1.29 is 14.7 Å². The van der Waals surface area contributed by atoms with Crippen molar-refractivity contribution in [1.29, 1.82) is 0 Å². The highest BCUT2D eigenvalue weighted by Gasteiger charge is 2.16. The molecule has 0 saturated heterocycles. The van der Waals surface area contributed by atoms with Crippen LogP contribution in [0, 0.1) is 0 Å². The molecule has 2 aromatic rings. The van der Waals surface area contributed by atoms with Gasteiger partial charge in [0.25, 0.3) is 5.91 Å². The number of unbranched alkanes of at least 4 members (excludes halogenated alkanes) is 4. The summed E-state index contributed by atoms with van der Waals surface area (Å²) in [4.78, 5) is 27.2. The number of imidazole rings is 1. The summed E-state index contributed by atoms with van der Waals surface area (Å²) >= 11 is 1.51. The third kappa shape index (κ3) is 4.99. The number of carbonyl (C=O) groups excluding carboxylic acids is 1. The van der Waals surface area contributed by atoms with Crippen molar-refractivity contribution in [3.8, 4) is 0 Å². The van der Waals surface area contributed by atoms with Crippen LogP contribution >= 0.6 is 11.8 Å². The van der Waals surface area contributed by atoms with Crippen molar-refractivity contribution in [3.05, 3.63) is 30.1 Å². The quantitative estimate of drug-likeness (QED) is 0.508. The smallest absolute Gasteiger partial charge is 0.303 e. The van der Waals surface area contributed by atoms with E-state index in [1.54, 1.807) is 0 Å². The van der Waals surface area contributed by atoms with Crippen molar-refractivity contribution in [2.75, 3.05) is 12.8 Å². The van der Waals surface area contributed by atoms with Crippen LogP contribution in [0.25, 0.3) is 5.52 Å². The molecule has 2 rings (SSSR count). The number of aromatic nitrogens is 2. The molecule has 0 fully saturated rings. The minimum atomic E-state index is -0.737. The molecule has 24 heavy (non-hydrogen) atoms. The average Bonchev–Trinajstić information content (AvgIpc) is 2.95. The number of hydrogen-bond donors (Lipinski definition) is 2. The molecule has 0 aliphatic rings. The van der Waals surface area contributed by atoms with Crippen LogP contribution in [0.5, 0.6) is 0 Å². The third-order valence-electron chi connectivity index (χ3n) is 3.77. The number of fused-ring (bicyclic) bond motifs is 1. The summed E-state index contributed by atoms with van der Waals surface area (Å²) in [6.45, 7) is 0.609. The molecule has 0 bridgehead atoms. The van der Waals surface area contributed by atoms with Gasteiger partial charge in [-0.15, -0.1) is 0 Å². The number of carbonyl (C=O) groups is 2. The summed E-state index contributed by atoms with van der Waals surface area (Å²) in [7, 11) is 0. The Kier molecular flexibility index (Phi) is 7.11. The van der Waals surface area contributed by atoms with E-state index in [0.717, 1.165) is 42.8 Å². The first-order valence-corrected chi connectivity index (χ1v) is 9.37. The first-order chi connectivity index (χ1) is 11.6. The molecule has 0 unspecified atom stereocenters. The third-order valence-corrected chi connectivity index (χ3v) is 4.42. The highest BCUT2D eigenvalue weighted by Crippen LogP contribution is 2.19. The monoisotopic (exact) mass is 349 g/mol. The van der Waals surface area contributed by atoms with E-state index < -0.39 is 5.97 Å². The minimum absolute atomic E-state index is 0.148. The lowest BCUT2D eigenvalue weighted by Crippen LogP contribution is -2.25. The molecular formula is C17H23N3O3S. The molecule has 130 valence electrons. The van der Waals surface area contributed by atoms with Crippen molar-refractivity contribution in [1.82, 2.24) is 14.7 Å². The predicted molar refractivity (Wildman–Crippen MR) is 94.6 cm³/mol. The zero-order valence-corrected chi connectivity index (χ0v) is 14.6. The molecule has 0 aliphatic carbocycles. The molecule has 2 N–H and O–H groups in total. The number of hydrogen-bond acceptors (Lipinski definition) is 4. The largest absolute Gasteiger partial charge is 0.481 e. The van der Waals surface area contributed by atoms with E-state index in [4.69, 9.17) is 5.11 Å². The highest BCUT2D eigenvalue weighted by atomic mass is 32.2. The van der Waals surface area contributed by atoms with Gasteiger partial charge < -0.3 is 10.4 Å². The first kappa shape index (κ1) is 18.3. The Labute approximate surface area is 145 Å². The summed E-state index contributed by atoms with van der Waals surface area (Å²) in [5, 5.41) is 12.3. The maximum atomic E-state index is 12.3. The maximum absolute atomic E-state index is 12.3. The van der Waals surface area contributed by atoms with Gasteiger partial charge in [-0.3, -0.25) is 14.0 Å². The number of aliphatic carboxylic acids is 1. The fraction of sp³-hybridized carbons (Fsp3) is 0.471. The Morgan fingerprint density at radius 1 is 1.21 bits per heavy atom. The van der Waals surface area contributed by atoms with Crippen molar-refractivity contribution >= 4 is 29.2 Å². The normalized spacial score (nSPS) is 10.9. The number of pyridine rings is 1. The van der Waals surface area contributed by atoms with E-state index in [1.165, 1.54) is 11.8 Å². The lowest BCUT2D eigenvalue weighted by molar-refractivity contribution is -0.137. The van der Waals surface area contributed by atoms with Gasteiger partial charge >= 0.3 is 5.97 Å². The Hall–Kier alpha value is -2.02. The van der Waals surface area contributed by atoms with E-state index >= 15 is 0 Å². The molecule has 0 aliphatic heterocycles. The number of nitrogens with one attached hydrogen (secondary N) is 1. The van der Waals surface area contributed by atoms with Gasteiger partial charge in [-0.25, -0.2) is 4.98 Å². The zero-order chi connectivity index (χ0) is 17.4. The molecule has 0 spiro atoms. The highest BCUT2D eigenvalue weighted by molar-refractivity contribution is 7.98. The van der Waals surface area contributed by atoms with Crippen LogP contribution in [0.2, 0.25) is 0 Å². The molecule has 6 nitrogen and oxygen atoms in total. The van der Waals surface area contributed by atoms with Crippen molar-refractivity contribution in [2.24, 2.45) is 0 Å². The molecule has 1 amide bonds. The van der Waals surface area contributed by atoms with Crippen molar-refractivity contribution in [3.63, 3.8) is 0 Å². The van der Waals surface area contributed by atoms with Crippen LogP contribution in [0.1, 0.15) is 49.0 Å². The standard InChI is InChI=1S/C17H23N3O3S/c1-24-17-19-15(13-9-6-8-12-20(13)17)16(23)18-11-7-4-2-3-5-10-14(21)22/h6,8-9,12H,2-5,7,10-11H2,1H3,(H,18,23)(H,21,22). The van der Waals surface area contributed by atoms with Gasteiger partial charge in [-0.1, -0.05) is 37.1 Å². The Balaban J connectivity index is 1.76. The molecule has 0 saturated carbocycles. The molecule has 0 radical (unpaired) electrons. The molecular weight excluding hydrogens is 326 g/mol. The summed E-state index contributed by atoms with van der Waals surface area (Å²) in [6.07, 6.45) is 8.59. The molecule has 0 atom stereocenters. The first-order valence-electron chi connectivity index (χ1n) is 8.14. The summed E-state index contributed by atoms with van der Waals surface area (Å²) in [6, 6.07) is 5.71. The number of rotatable bonds is 10. The fourth-order valence-corrected chi connectivity index (χ4v) is 3.08. The van der Waals surface area contributed by atoms with Crippen LogP contribution in [0.3, 0.4) is 0 Å². The van der Waals surface area contributed by atoms with Crippen LogP contribution < -0.4 is 5.32 Å². The average molecular weight is 349 g/mol. The minimum Gasteiger partial charge on any atom is -0.481 e. The number of nitrogens with zero attached hydrogens (tertiary/aromatic N) is 2. The van der Waals surface area contributed by atoms with E-state index in [-0.39, 0.29) is 12.3 Å². The molecule has 2 heterocycles. The Bertz CT molecular complexity index is 699. The summed E-state index contributed by atoms with van der Waals surface area (Å²) in [5.41, 5.74) is 1.27. The van der Waals surface area contributed by atoms with Gasteiger partial charge in [0.1, 0.15) is 0 Å². The summed E-state index contributed by atoms with van der Waals surface area (Å²) in [5.74, 6) is -0.885. The number of carboxylic acids is 1. The van der Waals surface area contributed by atoms with Crippen LogP contribution in [0.15, 0.2) is 29.6 Å². The second-order valence-electron chi connectivity index (χ2n) is 5.57. The van der Waals surface area contributed by atoms with Crippen molar-refractivity contribution in [2.45, 2.75) is 43.7 Å². The SMILES string of the molecule is CSc1nc(C(=O)NCCCCCCCC(=O)O)c2ccccn12. The second-order valence-corrected chi connectivity index (χ2v) is 6.34. The van der Waals surface area contributed by atoms with E-state index in [1.807, 2.05) is 35.1 Å². The topological polar surface area (TPSA) is 83.7 Å². The van der Waals surface area contributed by atoms with Gasteiger partial charge in [0, 0.05) is 19.2 Å². The fourth-order valence-electron chi connectivity index (χ4n) is 2.54. The van der Waals surface area contributed by atoms with Gasteiger partial charge in [0.2, 0.25) is 0 Å². The second kappa shape index (κ2) is 9.32. The molecule has 7 heteroatoms. The Morgan fingerprint density at radius 2 is 1.96 bits per heavy atom. The number of amides is 1. The molecule has 2 aromatic heterocycles. The maximum Gasteiger partial charge on any atom is 0.303 e. The van der Waals surface area contributed by atoms with E-state index in [0.29, 0.717) is 12.2 Å². The van der Waals surface area contributed by atoms with Gasteiger partial charge in [-0.2, -0.15) is 0 Å². The van der Waals surface area contributed by atoms with Gasteiger partial charge in [0.05, 0.1) is 5.52 Å². The Morgan fingerprint density at radius 3 is 2.71 bits per heavy atom. The van der Waals surface area contributed by atoms with Crippen LogP contribution in [-0.2, 0) is 4.79 Å². The molecule has 0 aromatic carbocycles.